The van der Waals surface area contributed by atoms with Gasteiger partial charge in [-0.15, -0.1) is 11.3 Å². The Bertz CT molecular complexity index is 900. The quantitative estimate of drug-likeness (QED) is 0.717. The summed E-state index contributed by atoms with van der Waals surface area (Å²) in [6, 6.07) is 7.73. The van der Waals surface area contributed by atoms with E-state index in [4.69, 9.17) is 16.3 Å². The Balaban J connectivity index is 1.75. The highest BCUT2D eigenvalue weighted by atomic mass is 35.5. The van der Waals surface area contributed by atoms with Crippen LogP contribution >= 0.6 is 22.9 Å². The number of nitrogens with zero attached hydrogens (tertiary/aromatic N) is 1. The Morgan fingerprint density at radius 1 is 1.52 bits per heavy atom. The first-order valence-corrected chi connectivity index (χ1v) is 10.4. The van der Waals surface area contributed by atoms with Crippen LogP contribution in [-0.4, -0.2) is 12.0 Å². The second kappa shape index (κ2) is 8.33. The number of aryl methyl sites for hydroxylation is 1. The van der Waals surface area contributed by atoms with Crippen LogP contribution in [0.1, 0.15) is 48.3 Å². The maximum Gasteiger partial charge on any atom is 0.265 e. The molecule has 4 nitrogen and oxygen atoms in total. The summed E-state index contributed by atoms with van der Waals surface area (Å²) in [7, 11) is 0. The third kappa shape index (κ3) is 4.28. The number of halogens is 1. The molecular formula is C21H23ClN2O2S. The SMILES string of the molecule is CC[C@@H]1CCc2c(sc(NC(=O)[C@@H](C)Oc3cc(C)ccc3Cl)c2C#N)C1. The standard InChI is InChI=1S/C21H23ClN2O2S/c1-4-14-6-7-15-16(11-23)21(27-19(15)10-14)24-20(25)13(3)26-18-9-12(2)5-8-17(18)22/h5,8-9,13-14H,4,6-7,10H2,1-3H3,(H,24,25)/t13-,14-/m1/s1. The highest BCUT2D eigenvalue weighted by molar-refractivity contribution is 7.16. The molecule has 0 spiro atoms. The van der Waals surface area contributed by atoms with Crippen molar-refractivity contribution >= 4 is 33.8 Å². The first kappa shape index (κ1) is 19.7. The molecule has 1 N–H and O–H groups in total. The number of benzene rings is 1. The molecule has 0 radical (unpaired) electrons. The van der Waals surface area contributed by atoms with Crippen molar-refractivity contribution in [3.8, 4) is 11.8 Å². The molecule has 1 aromatic heterocycles. The fraction of sp³-hybridized carbons (Fsp3) is 0.429. The zero-order valence-electron chi connectivity index (χ0n) is 15.8. The minimum absolute atomic E-state index is 0.283. The van der Waals surface area contributed by atoms with Crippen LogP contribution in [0.3, 0.4) is 0 Å². The Morgan fingerprint density at radius 2 is 2.30 bits per heavy atom. The van der Waals surface area contributed by atoms with Crippen molar-refractivity contribution in [1.82, 2.24) is 0 Å². The molecule has 0 saturated heterocycles. The molecule has 1 aliphatic carbocycles. The summed E-state index contributed by atoms with van der Waals surface area (Å²) < 4.78 is 5.75. The molecule has 0 saturated carbocycles. The minimum Gasteiger partial charge on any atom is -0.479 e. The van der Waals surface area contributed by atoms with E-state index in [1.54, 1.807) is 13.0 Å². The summed E-state index contributed by atoms with van der Waals surface area (Å²) in [6.07, 6.45) is 3.43. The molecule has 1 aromatic carbocycles. The predicted molar refractivity (Wildman–Crippen MR) is 110 cm³/mol. The number of carbonyl (C=O) groups excluding carboxylic acids is 1. The Hall–Kier alpha value is -2.03. The van der Waals surface area contributed by atoms with Gasteiger partial charge in [0.1, 0.15) is 16.8 Å². The number of rotatable bonds is 5. The smallest absolute Gasteiger partial charge is 0.265 e. The third-order valence-corrected chi connectivity index (χ3v) is 6.53. The van der Waals surface area contributed by atoms with Crippen molar-refractivity contribution in [3.63, 3.8) is 0 Å². The number of ether oxygens (including phenoxy) is 1. The van der Waals surface area contributed by atoms with E-state index in [0.29, 0.717) is 27.3 Å². The molecule has 0 aliphatic heterocycles. The number of nitriles is 1. The van der Waals surface area contributed by atoms with Crippen LogP contribution in [0.5, 0.6) is 5.75 Å². The highest BCUT2D eigenvalue weighted by Crippen LogP contribution is 2.40. The lowest BCUT2D eigenvalue weighted by Gasteiger charge is -2.20. The number of amides is 1. The Kier molecular flexibility index (Phi) is 6.08. The number of thiophene rings is 1. The number of nitrogens with one attached hydrogen (secondary N) is 1. The topological polar surface area (TPSA) is 62.1 Å². The van der Waals surface area contributed by atoms with Gasteiger partial charge in [0.05, 0.1) is 10.6 Å². The van der Waals surface area contributed by atoms with Gasteiger partial charge in [0.15, 0.2) is 6.10 Å². The van der Waals surface area contributed by atoms with Gasteiger partial charge in [-0.25, -0.2) is 0 Å². The first-order chi connectivity index (χ1) is 12.9. The molecular weight excluding hydrogens is 380 g/mol. The molecule has 2 atom stereocenters. The van der Waals surface area contributed by atoms with Crippen LogP contribution in [0.4, 0.5) is 5.00 Å². The zero-order valence-corrected chi connectivity index (χ0v) is 17.3. The van der Waals surface area contributed by atoms with E-state index < -0.39 is 6.10 Å². The predicted octanol–water partition coefficient (Wildman–Crippen LogP) is 5.50. The van der Waals surface area contributed by atoms with Gasteiger partial charge in [-0.2, -0.15) is 5.26 Å². The summed E-state index contributed by atoms with van der Waals surface area (Å²) in [5, 5.41) is 13.6. The van der Waals surface area contributed by atoms with Gasteiger partial charge in [-0.05, 0) is 62.3 Å². The molecule has 0 fully saturated rings. The normalized spacial score (nSPS) is 16.9. The van der Waals surface area contributed by atoms with E-state index in [1.807, 2.05) is 19.1 Å². The molecule has 1 amide bonds. The van der Waals surface area contributed by atoms with Crippen molar-refractivity contribution in [2.24, 2.45) is 5.92 Å². The molecule has 6 heteroatoms. The lowest BCUT2D eigenvalue weighted by atomic mass is 9.86. The zero-order chi connectivity index (χ0) is 19.6. The summed E-state index contributed by atoms with van der Waals surface area (Å²) in [4.78, 5) is 13.9. The van der Waals surface area contributed by atoms with E-state index >= 15 is 0 Å². The van der Waals surface area contributed by atoms with Crippen molar-refractivity contribution in [2.75, 3.05) is 5.32 Å². The van der Waals surface area contributed by atoms with E-state index in [1.165, 1.54) is 16.2 Å². The second-order valence-electron chi connectivity index (χ2n) is 7.02. The summed E-state index contributed by atoms with van der Waals surface area (Å²) in [5.41, 5.74) is 2.72. The summed E-state index contributed by atoms with van der Waals surface area (Å²) in [5.74, 6) is 0.864. The molecule has 1 heterocycles. The third-order valence-electron chi connectivity index (χ3n) is 5.05. The number of carbonyl (C=O) groups is 1. The minimum atomic E-state index is -0.724. The van der Waals surface area contributed by atoms with Gasteiger partial charge in [0.2, 0.25) is 0 Å². The van der Waals surface area contributed by atoms with E-state index in [9.17, 15) is 10.1 Å². The van der Waals surface area contributed by atoms with Gasteiger partial charge >= 0.3 is 0 Å². The van der Waals surface area contributed by atoms with Crippen LogP contribution in [0.15, 0.2) is 18.2 Å². The molecule has 2 aromatic rings. The van der Waals surface area contributed by atoms with Crippen molar-refractivity contribution in [1.29, 1.82) is 5.26 Å². The molecule has 0 bridgehead atoms. The number of hydrogen-bond acceptors (Lipinski definition) is 4. The van der Waals surface area contributed by atoms with Crippen molar-refractivity contribution in [3.05, 3.63) is 44.8 Å². The fourth-order valence-corrected chi connectivity index (χ4v) is 4.84. The van der Waals surface area contributed by atoms with Crippen LogP contribution in [-0.2, 0) is 17.6 Å². The van der Waals surface area contributed by atoms with Crippen LogP contribution in [0.25, 0.3) is 0 Å². The molecule has 142 valence electrons. The molecule has 3 rings (SSSR count). The maximum atomic E-state index is 12.6. The van der Waals surface area contributed by atoms with Crippen molar-refractivity contribution < 1.29 is 9.53 Å². The molecule has 27 heavy (non-hydrogen) atoms. The second-order valence-corrected chi connectivity index (χ2v) is 8.53. The van der Waals surface area contributed by atoms with Crippen LogP contribution < -0.4 is 10.1 Å². The monoisotopic (exact) mass is 402 g/mol. The van der Waals surface area contributed by atoms with Gasteiger partial charge < -0.3 is 10.1 Å². The van der Waals surface area contributed by atoms with Gasteiger partial charge in [-0.3, -0.25) is 4.79 Å². The average molecular weight is 403 g/mol. The average Bonchev–Trinajstić information content (AvgIpc) is 3.00. The van der Waals surface area contributed by atoms with Crippen LogP contribution in [0.2, 0.25) is 5.02 Å². The Morgan fingerprint density at radius 3 is 3.00 bits per heavy atom. The van der Waals surface area contributed by atoms with Gasteiger partial charge in [-0.1, -0.05) is 31.0 Å². The Labute approximate surface area is 169 Å². The van der Waals surface area contributed by atoms with Gasteiger partial charge in [0.25, 0.3) is 5.91 Å². The summed E-state index contributed by atoms with van der Waals surface area (Å²) in [6.45, 7) is 5.82. The largest absolute Gasteiger partial charge is 0.479 e. The van der Waals surface area contributed by atoms with Gasteiger partial charge in [0, 0.05) is 4.88 Å². The highest BCUT2D eigenvalue weighted by Gasteiger charge is 2.27. The van der Waals surface area contributed by atoms with E-state index in [0.717, 1.165) is 36.8 Å². The van der Waals surface area contributed by atoms with E-state index in [2.05, 4.69) is 18.3 Å². The lowest BCUT2D eigenvalue weighted by molar-refractivity contribution is -0.122. The van der Waals surface area contributed by atoms with E-state index in [-0.39, 0.29) is 5.91 Å². The number of hydrogen-bond donors (Lipinski definition) is 1. The first-order valence-electron chi connectivity index (χ1n) is 9.21. The van der Waals surface area contributed by atoms with Crippen LogP contribution in [0, 0.1) is 24.2 Å². The maximum absolute atomic E-state index is 12.6. The molecule has 0 unspecified atom stereocenters. The summed E-state index contributed by atoms with van der Waals surface area (Å²) >= 11 is 7.68. The van der Waals surface area contributed by atoms with Crippen molar-refractivity contribution in [2.45, 2.75) is 52.6 Å². The molecule has 1 aliphatic rings. The lowest BCUT2D eigenvalue weighted by Crippen LogP contribution is -2.30. The number of fused-ring (bicyclic) bond motifs is 1. The number of anilines is 1. The fourth-order valence-electron chi connectivity index (χ4n) is 3.37.